The molecule has 0 aliphatic carbocycles. The average Bonchev–Trinajstić information content (AvgIpc) is 2.43. The second-order valence-corrected chi connectivity index (χ2v) is 4.21. The predicted molar refractivity (Wildman–Crippen MR) is 76.9 cm³/mol. The molecule has 2 aromatic carbocycles. The highest BCUT2D eigenvalue weighted by Gasteiger charge is 2.21. The van der Waals surface area contributed by atoms with Gasteiger partial charge in [0.15, 0.2) is 0 Å². The quantitative estimate of drug-likeness (QED) is 0.644. The Kier molecular flexibility index (Phi) is 4.32. The fourth-order valence-corrected chi connectivity index (χ4v) is 1.93. The van der Waals surface area contributed by atoms with E-state index < -0.39 is 22.2 Å². The normalized spacial score (nSPS) is 10.2. The summed E-state index contributed by atoms with van der Waals surface area (Å²) in [5.41, 5.74) is -0.386. The highest BCUT2D eigenvalue weighted by atomic mass is 19.1. The molecule has 0 heterocycles. The van der Waals surface area contributed by atoms with Crippen LogP contribution in [0.1, 0.15) is 6.92 Å². The van der Waals surface area contributed by atoms with Gasteiger partial charge in [0.2, 0.25) is 0 Å². The largest absolute Gasteiger partial charge is 0.380 e. The SMILES string of the molecule is CCNc1cccc(Nc2c(F)cccc2F)c1[N+](=O)[O-]. The summed E-state index contributed by atoms with van der Waals surface area (Å²) in [7, 11) is 0. The van der Waals surface area contributed by atoms with Crippen molar-refractivity contribution >= 4 is 22.7 Å². The zero-order valence-corrected chi connectivity index (χ0v) is 11.2. The van der Waals surface area contributed by atoms with Gasteiger partial charge in [0.05, 0.1) is 4.92 Å². The number of nitro groups is 1. The third-order valence-corrected chi connectivity index (χ3v) is 2.81. The topological polar surface area (TPSA) is 67.2 Å². The second-order valence-electron chi connectivity index (χ2n) is 4.21. The van der Waals surface area contributed by atoms with Crippen molar-refractivity contribution in [2.75, 3.05) is 17.2 Å². The fourth-order valence-electron chi connectivity index (χ4n) is 1.93. The number of anilines is 3. The summed E-state index contributed by atoms with van der Waals surface area (Å²) in [4.78, 5) is 10.6. The molecule has 0 saturated heterocycles. The maximum absolute atomic E-state index is 13.6. The van der Waals surface area contributed by atoms with Crippen LogP contribution in [-0.2, 0) is 0 Å². The monoisotopic (exact) mass is 293 g/mol. The molecule has 2 N–H and O–H groups in total. The lowest BCUT2D eigenvalue weighted by atomic mass is 10.2. The Labute approximate surface area is 119 Å². The van der Waals surface area contributed by atoms with E-state index in [1.807, 2.05) is 0 Å². The Morgan fingerprint density at radius 1 is 1.10 bits per heavy atom. The van der Waals surface area contributed by atoms with Crippen molar-refractivity contribution in [3.63, 3.8) is 0 Å². The lowest BCUT2D eigenvalue weighted by molar-refractivity contribution is -0.383. The molecule has 5 nitrogen and oxygen atoms in total. The molecule has 2 rings (SSSR count). The third kappa shape index (κ3) is 3.07. The Hall–Kier alpha value is -2.70. The van der Waals surface area contributed by atoms with Crippen LogP contribution in [-0.4, -0.2) is 11.5 Å². The van der Waals surface area contributed by atoms with Crippen LogP contribution >= 0.6 is 0 Å². The van der Waals surface area contributed by atoms with Gasteiger partial charge < -0.3 is 10.6 Å². The van der Waals surface area contributed by atoms with E-state index in [0.717, 1.165) is 12.1 Å². The lowest BCUT2D eigenvalue weighted by Gasteiger charge is -2.12. The van der Waals surface area contributed by atoms with E-state index in [4.69, 9.17) is 0 Å². The van der Waals surface area contributed by atoms with Crippen molar-refractivity contribution in [2.45, 2.75) is 6.92 Å². The number of nitrogens with zero attached hydrogens (tertiary/aromatic N) is 1. The highest BCUT2D eigenvalue weighted by Crippen LogP contribution is 2.35. The number of halogens is 2. The van der Waals surface area contributed by atoms with E-state index in [1.165, 1.54) is 18.2 Å². The molecule has 7 heteroatoms. The van der Waals surface area contributed by atoms with Crippen molar-refractivity contribution in [3.05, 3.63) is 58.1 Å². The van der Waals surface area contributed by atoms with Crippen LogP contribution in [0.4, 0.5) is 31.5 Å². The molecule has 0 bridgehead atoms. The van der Waals surface area contributed by atoms with E-state index in [-0.39, 0.29) is 17.1 Å². The molecule has 2 aromatic rings. The molecular formula is C14H13F2N3O2. The molecule has 0 amide bonds. The molecule has 0 spiro atoms. The van der Waals surface area contributed by atoms with Gasteiger partial charge >= 0.3 is 5.69 Å². The minimum atomic E-state index is -0.821. The Bertz CT molecular complexity index is 657. The van der Waals surface area contributed by atoms with Gasteiger partial charge in [-0.2, -0.15) is 0 Å². The maximum atomic E-state index is 13.6. The summed E-state index contributed by atoms with van der Waals surface area (Å²) >= 11 is 0. The number of hydrogen-bond donors (Lipinski definition) is 2. The molecule has 0 unspecified atom stereocenters. The Balaban J connectivity index is 2.49. The number of para-hydroxylation sites is 2. The number of nitrogens with one attached hydrogen (secondary N) is 2. The molecule has 0 aromatic heterocycles. The van der Waals surface area contributed by atoms with Gasteiger partial charge in [-0.1, -0.05) is 12.1 Å². The molecule has 0 saturated carbocycles. The van der Waals surface area contributed by atoms with Crippen LogP contribution < -0.4 is 10.6 Å². The van der Waals surface area contributed by atoms with Crippen LogP contribution in [0, 0.1) is 21.7 Å². The smallest absolute Gasteiger partial charge is 0.315 e. The van der Waals surface area contributed by atoms with Crippen molar-refractivity contribution in [3.8, 4) is 0 Å². The van der Waals surface area contributed by atoms with Crippen LogP contribution in [0.3, 0.4) is 0 Å². The fraction of sp³-hybridized carbons (Fsp3) is 0.143. The maximum Gasteiger partial charge on any atom is 0.315 e. The zero-order chi connectivity index (χ0) is 15.4. The first-order valence-electron chi connectivity index (χ1n) is 6.27. The molecular weight excluding hydrogens is 280 g/mol. The van der Waals surface area contributed by atoms with Crippen LogP contribution in [0.5, 0.6) is 0 Å². The summed E-state index contributed by atoms with van der Waals surface area (Å²) in [5, 5.41) is 16.5. The van der Waals surface area contributed by atoms with Crippen molar-refractivity contribution < 1.29 is 13.7 Å². The first-order valence-corrected chi connectivity index (χ1v) is 6.27. The second kappa shape index (κ2) is 6.17. The lowest BCUT2D eigenvalue weighted by Crippen LogP contribution is -2.05. The standard InChI is InChI=1S/C14H13F2N3O2/c1-2-17-11-7-4-8-12(14(11)19(20)21)18-13-9(15)5-3-6-10(13)16/h3-8,17-18H,2H2,1H3. The van der Waals surface area contributed by atoms with E-state index in [9.17, 15) is 18.9 Å². The predicted octanol–water partition coefficient (Wildman–Crippen LogP) is 4.05. The Morgan fingerprint density at radius 2 is 1.67 bits per heavy atom. The van der Waals surface area contributed by atoms with Gasteiger partial charge in [0.1, 0.15) is 28.7 Å². The molecule has 0 radical (unpaired) electrons. The van der Waals surface area contributed by atoms with Gasteiger partial charge in [-0.15, -0.1) is 0 Å². The summed E-state index contributed by atoms with van der Waals surface area (Å²) in [6.45, 7) is 2.28. The minimum Gasteiger partial charge on any atom is -0.380 e. The van der Waals surface area contributed by atoms with Gasteiger partial charge in [0.25, 0.3) is 0 Å². The third-order valence-electron chi connectivity index (χ3n) is 2.81. The van der Waals surface area contributed by atoms with Crippen molar-refractivity contribution in [1.82, 2.24) is 0 Å². The van der Waals surface area contributed by atoms with Gasteiger partial charge in [-0.25, -0.2) is 8.78 Å². The first kappa shape index (κ1) is 14.7. The molecule has 0 aliphatic rings. The van der Waals surface area contributed by atoms with Crippen LogP contribution in [0.15, 0.2) is 36.4 Å². The molecule has 0 atom stereocenters. The molecule has 0 fully saturated rings. The summed E-state index contributed by atoms with van der Waals surface area (Å²) in [6.07, 6.45) is 0. The molecule has 0 aliphatic heterocycles. The van der Waals surface area contributed by atoms with E-state index in [0.29, 0.717) is 6.54 Å². The summed E-state index contributed by atoms with van der Waals surface area (Å²) in [6, 6.07) is 7.86. The van der Waals surface area contributed by atoms with Crippen molar-refractivity contribution in [1.29, 1.82) is 0 Å². The van der Waals surface area contributed by atoms with E-state index in [2.05, 4.69) is 10.6 Å². The number of nitro benzene ring substituents is 1. The van der Waals surface area contributed by atoms with E-state index >= 15 is 0 Å². The van der Waals surface area contributed by atoms with Crippen LogP contribution in [0.25, 0.3) is 0 Å². The minimum absolute atomic E-state index is 0.0162. The Morgan fingerprint density at radius 3 is 2.24 bits per heavy atom. The van der Waals surface area contributed by atoms with E-state index in [1.54, 1.807) is 13.0 Å². The van der Waals surface area contributed by atoms with Crippen LogP contribution in [0.2, 0.25) is 0 Å². The first-order chi connectivity index (χ1) is 10.0. The summed E-state index contributed by atoms with van der Waals surface area (Å²) in [5.74, 6) is -1.64. The van der Waals surface area contributed by atoms with Gasteiger partial charge in [-0.3, -0.25) is 10.1 Å². The highest BCUT2D eigenvalue weighted by molar-refractivity contribution is 5.79. The number of hydrogen-bond acceptors (Lipinski definition) is 4. The van der Waals surface area contributed by atoms with Gasteiger partial charge in [0, 0.05) is 6.54 Å². The average molecular weight is 293 g/mol. The summed E-state index contributed by atoms with van der Waals surface area (Å²) < 4.78 is 27.3. The van der Waals surface area contributed by atoms with Crippen molar-refractivity contribution in [2.24, 2.45) is 0 Å². The number of benzene rings is 2. The number of rotatable bonds is 5. The zero-order valence-electron chi connectivity index (χ0n) is 11.2. The van der Waals surface area contributed by atoms with Gasteiger partial charge in [-0.05, 0) is 31.2 Å². The molecule has 110 valence electrons. The molecule has 21 heavy (non-hydrogen) atoms.